The Kier molecular flexibility index (Phi) is 2.26. The van der Waals surface area contributed by atoms with E-state index in [-0.39, 0.29) is 0 Å². The van der Waals surface area contributed by atoms with Crippen LogP contribution in [-0.4, -0.2) is 15.0 Å². The zero-order valence-corrected chi connectivity index (χ0v) is 10.1. The number of aromatic amines is 1. The van der Waals surface area contributed by atoms with Gasteiger partial charge in [-0.2, -0.15) is 9.97 Å². The van der Waals surface area contributed by atoms with E-state index in [4.69, 9.17) is 18.0 Å². The molecule has 16 heavy (non-hydrogen) atoms. The van der Waals surface area contributed by atoms with Crippen molar-refractivity contribution in [3.8, 4) is 10.7 Å². The van der Waals surface area contributed by atoms with Crippen LogP contribution in [0.1, 0.15) is 16.9 Å². The van der Waals surface area contributed by atoms with E-state index in [0.717, 1.165) is 10.7 Å². The van der Waals surface area contributed by atoms with Gasteiger partial charge in [-0.1, -0.05) is 0 Å². The zero-order chi connectivity index (χ0) is 11.1. The van der Waals surface area contributed by atoms with Crippen LogP contribution in [-0.2, 0) is 12.8 Å². The number of aromatic nitrogens is 3. The highest BCUT2D eigenvalue weighted by molar-refractivity contribution is 7.71. The van der Waals surface area contributed by atoms with E-state index in [1.54, 1.807) is 11.3 Å². The maximum atomic E-state index is 5.62. The van der Waals surface area contributed by atoms with Crippen LogP contribution in [0.4, 0.5) is 5.95 Å². The molecule has 0 aromatic carbocycles. The fourth-order valence-corrected chi connectivity index (χ4v) is 3.35. The number of fused-ring (bicyclic) bond motifs is 1. The normalized spacial score (nSPS) is 14.0. The lowest BCUT2D eigenvalue weighted by Gasteiger charge is -1.98. The molecule has 3 rings (SSSR count). The molecule has 2 heterocycles. The Morgan fingerprint density at radius 2 is 2.25 bits per heavy atom. The van der Waals surface area contributed by atoms with Crippen molar-refractivity contribution < 1.29 is 0 Å². The zero-order valence-electron chi connectivity index (χ0n) is 8.49. The highest BCUT2D eigenvalue weighted by atomic mass is 32.1. The average Bonchev–Trinajstić information content (AvgIpc) is 2.74. The molecule has 0 saturated carbocycles. The van der Waals surface area contributed by atoms with Gasteiger partial charge in [0.1, 0.15) is 0 Å². The van der Waals surface area contributed by atoms with Crippen molar-refractivity contribution in [1.29, 1.82) is 0 Å². The molecule has 1 aliphatic carbocycles. The summed E-state index contributed by atoms with van der Waals surface area (Å²) in [5, 5.41) is 0. The van der Waals surface area contributed by atoms with Crippen molar-refractivity contribution in [3.63, 3.8) is 0 Å². The molecule has 2 aromatic heterocycles. The van der Waals surface area contributed by atoms with Crippen LogP contribution >= 0.6 is 23.6 Å². The fourth-order valence-electron chi connectivity index (χ4n) is 1.96. The summed E-state index contributed by atoms with van der Waals surface area (Å²) >= 11 is 6.72. The number of rotatable bonds is 1. The van der Waals surface area contributed by atoms with E-state index in [0.29, 0.717) is 10.7 Å². The number of hydrogen-bond donors (Lipinski definition) is 2. The van der Waals surface area contributed by atoms with Crippen molar-refractivity contribution in [2.75, 3.05) is 5.73 Å². The first-order valence-electron chi connectivity index (χ1n) is 5.08. The quantitative estimate of drug-likeness (QED) is 0.762. The topological polar surface area (TPSA) is 67.6 Å². The standard InChI is InChI=1S/C10H10N4S2/c11-9-12-8(13-10(15)14-9)7-4-5-2-1-3-6(5)16-7/h4H,1-3H2,(H3,11,12,13,14,15). The minimum absolute atomic E-state index is 0.291. The Hall–Kier alpha value is -1.27. The van der Waals surface area contributed by atoms with Gasteiger partial charge in [0.25, 0.3) is 0 Å². The number of hydrogen-bond acceptors (Lipinski definition) is 5. The second kappa shape index (κ2) is 3.64. The Balaban J connectivity index is 2.11. The number of thiophene rings is 1. The van der Waals surface area contributed by atoms with Crippen LogP contribution < -0.4 is 5.73 Å². The van der Waals surface area contributed by atoms with Gasteiger partial charge in [-0.3, -0.25) is 0 Å². The van der Waals surface area contributed by atoms with E-state index in [9.17, 15) is 0 Å². The van der Waals surface area contributed by atoms with Crippen molar-refractivity contribution >= 4 is 29.5 Å². The highest BCUT2D eigenvalue weighted by Crippen LogP contribution is 2.35. The van der Waals surface area contributed by atoms with Gasteiger partial charge >= 0.3 is 0 Å². The summed E-state index contributed by atoms with van der Waals surface area (Å²) in [6, 6.07) is 2.18. The van der Waals surface area contributed by atoms with Crippen LogP contribution in [0.25, 0.3) is 10.7 Å². The fraction of sp³-hybridized carbons (Fsp3) is 0.300. The monoisotopic (exact) mass is 250 g/mol. The predicted molar refractivity (Wildman–Crippen MR) is 67.0 cm³/mol. The third kappa shape index (κ3) is 1.64. The van der Waals surface area contributed by atoms with Crippen molar-refractivity contribution in [1.82, 2.24) is 15.0 Å². The molecular formula is C10H10N4S2. The number of anilines is 1. The van der Waals surface area contributed by atoms with Crippen molar-refractivity contribution in [2.24, 2.45) is 0 Å². The minimum Gasteiger partial charge on any atom is -0.369 e. The number of H-pyrrole nitrogens is 1. The van der Waals surface area contributed by atoms with Crippen LogP contribution in [0.2, 0.25) is 0 Å². The van der Waals surface area contributed by atoms with E-state index >= 15 is 0 Å². The van der Waals surface area contributed by atoms with Gasteiger partial charge < -0.3 is 10.7 Å². The molecule has 0 bridgehead atoms. The first-order valence-corrected chi connectivity index (χ1v) is 6.30. The third-order valence-corrected chi connectivity index (χ3v) is 4.08. The number of nitrogen functional groups attached to an aromatic ring is 1. The third-order valence-electron chi connectivity index (χ3n) is 2.65. The molecule has 1 aliphatic rings. The second-order valence-corrected chi connectivity index (χ2v) is 5.28. The number of nitrogens with two attached hydrogens (primary N) is 1. The molecule has 4 nitrogen and oxygen atoms in total. The molecule has 0 amide bonds. The smallest absolute Gasteiger partial charge is 0.224 e. The van der Waals surface area contributed by atoms with Crippen LogP contribution in [0.15, 0.2) is 6.07 Å². The highest BCUT2D eigenvalue weighted by Gasteiger charge is 2.16. The van der Waals surface area contributed by atoms with E-state index in [1.807, 2.05) is 0 Å². The Morgan fingerprint density at radius 1 is 1.38 bits per heavy atom. The number of nitrogens with one attached hydrogen (secondary N) is 1. The molecule has 0 unspecified atom stereocenters. The summed E-state index contributed by atoms with van der Waals surface area (Å²) in [6.45, 7) is 0. The first-order chi connectivity index (χ1) is 7.72. The molecular weight excluding hydrogens is 240 g/mol. The lowest BCUT2D eigenvalue weighted by molar-refractivity contribution is 0.914. The molecule has 0 fully saturated rings. The molecule has 2 aromatic rings. The molecule has 0 aliphatic heterocycles. The summed E-state index contributed by atoms with van der Waals surface area (Å²) in [5.41, 5.74) is 7.06. The summed E-state index contributed by atoms with van der Waals surface area (Å²) < 4.78 is 0.291. The largest absolute Gasteiger partial charge is 0.369 e. The summed E-state index contributed by atoms with van der Waals surface area (Å²) in [4.78, 5) is 13.6. The van der Waals surface area contributed by atoms with Gasteiger partial charge in [-0.25, -0.2) is 0 Å². The van der Waals surface area contributed by atoms with Gasteiger partial charge in [0.15, 0.2) is 5.82 Å². The lowest BCUT2D eigenvalue weighted by atomic mass is 10.2. The van der Waals surface area contributed by atoms with E-state index < -0.39 is 0 Å². The Bertz CT molecular complexity index is 578. The first kappa shape index (κ1) is 9.92. The average molecular weight is 250 g/mol. The lowest BCUT2D eigenvalue weighted by Crippen LogP contribution is -1.98. The van der Waals surface area contributed by atoms with Gasteiger partial charge in [-0.05, 0) is 43.1 Å². The van der Waals surface area contributed by atoms with Crippen LogP contribution in [0.3, 0.4) is 0 Å². The van der Waals surface area contributed by atoms with E-state index in [2.05, 4.69) is 21.0 Å². The maximum absolute atomic E-state index is 5.62. The number of nitrogens with zero attached hydrogens (tertiary/aromatic N) is 2. The molecule has 3 N–H and O–H groups in total. The second-order valence-electron chi connectivity index (χ2n) is 3.78. The van der Waals surface area contributed by atoms with Gasteiger partial charge in [0.05, 0.1) is 4.88 Å². The van der Waals surface area contributed by atoms with Crippen molar-refractivity contribution in [2.45, 2.75) is 19.3 Å². The minimum atomic E-state index is 0.291. The van der Waals surface area contributed by atoms with Crippen LogP contribution in [0.5, 0.6) is 0 Å². The summed E-state index contributed by atoms with van der Waals surface area (Å²) in [6.07, 6.45) is 3.62. The van der Waals surface area contributed by atoms with Gasteiger partial charge in [0.2, 0.25) is 10.7 Å². The molecule has 6 heteroatoms. The predicted octanol–water partition coefficient (Wildman–Crippen LogP) is 2.33. The SMILES string of the molecule is Nc1nc(=S)nc(-c2cc3c(s2)CCC3)[nH]1. The molecule has 0 spiro atoms. The molecule has 0 atom stereocenters. The Morgan fingerprint density at radius 3 is 3.00 bits per heavy atom. The Labute approximate surface area is 102 Å². The van der Waals surface area contributed by atoms with E-state index in [1.165, 1.54) is 29.7 Å². The molecule has 82 valence electrons. The van der Waals surface area contributed by atoms with Gasteiger partial charge in [-0.15, -0.1) is 11.3 Å². The molecule has 0 saturated heterocycles. The maximum Gasteiger partial charge on any atom is 0.224 e. The van der Waals surface area contributed by atoms with Crippen LogP contribution in [0, 0.1) is 4.77 Å². The summed E-state index contributed by atoms with van der Waals surface area (Å²) in [7, 11) is 0. The van der Waals surface area contributed by atoms with Gasteiger partial charge in [0, 0.05) is 4.88 Å². The summed E-state index contributed by atoms with van der Waals surface area (Å²) in [5.74, 6) is 1.06. The van der Waals surface area contributed by atoms with Crippen molar-refractivity contribution in [3.05, 3.63) is 21.3 Å². The number of aryl methyl sites for hydroxylation is 2. The molecule has 0 radical (unpaired) electrons.